The molecule has 4 heteroatoms. The van der Waals surface area contributed by atoms with Crippen LogP contribution < -0.4 is 0 Å². The van der Waals surface area contributed by atoms with Gasteiger partial charge in [0.2, 0.25) is 0 Å². The van der Waals surface area contributed by atoms with Crippen LogP contribution in [0.5, 0.6) is 0 Å². The molecule has 0 saturated heterocycles. The number of nitrogens with zero attached hydrogens (tertiary/aromatic N) is 2. The molecule has 0 aliphatic heterocycles. The van der Waals surface area contributed by atoms with E-state index in [2.05, 4.69) is 41.7 Å². The Morgan fingerprint density at radius 2 is 1.52 bits per heavy atom. The van der Waals surface area contributed by atoms with E-state index >= 15 is 0 Å². The van der Waals surface area contributed by atoms with Gasteiger partial charge in [0, 0.05) is 17.9 Å². The molecule has 0 heterocycles. The van der Waals surface area contributed by atoms with E-state index in [4.69, 9.17) is 4.74 Å². The summed E-state index contributed by atoms with van der Waals surface area (Å²) in [5.74, 6) is 1.39. The second kappa shape index (κ2) is 8.84. The number of carbonyl (C=O) groups excluding carboxylic acids is 1. The van der Waals surface area contributed by atoms with Crippen LogP contribution in [0.3, 0.4) is 0 Å². The Labute approximate surface area is 143 Å². The normalized spacial score (nSPS) is 22.7. The van der Waals surface area contributed by atoms with Gasteiger partial charge in [0.1, 0.15) is 13.2 Å². The zero-order valence-electron chi connectivity index (χ0n) is 16.0. The first-order valence-corrected chi connectivity index (χ1v) is 9.10. The molecule has 0 amide bonds. The number of rotatable bonds is 9. The van der Waals surface area contributed by atoms with Gasteiger partial charge in [0.25, 0.3) is 0 Å². The van der Waals surface area contributed by atoms with Crippen LogP contribution >= 0.6 is 0 Å². The zero-order chi connectivity index (χ0) is 17.5. The Morgan fingerprint density at radius 3 is 1.96 bits per heavy atom. The molecular weight excluding hydrogens is 288 g/mol. The highest BCUT2D eigenvalue weighted by molar-refractivity contribution is 5.81. The Bertz CT molecular complexity index is 383. The molecule has 4 nitrogen and oxygen atoms in total. The maximum Gasteiger partial charge on any atom is 0.330 e. The number of carbonyl (C=O) groups is 1. The fraction of sp³-hybridized carbons (Fsp3) is 0.842. The van der Waals surface area contributed by atoms with E-state index in [0.717, 1.165) is 27.3 Å². The van der Waals surface area contributed by atoms with Crippen molar-refractivity contribution in [3.8, 4) is 0 Å². The number of hydrogen-bond donors (Lipinski definition) is 0. The van der Waals surface area contributed by atoms with E-state index in [1.807, 2.05) is 0 Å². The lowest BCUT2D eigenvalue weighted by Crippen LogP contribution is -2.47. The molecule has 0 atom stereocenters. The van der Waals surface area contributed by atoms with Crippen LogP contribution in [0.2, 0.25) is 0 Å². The van der Waals surface area contributed by atoms with Crippen molar-refractivity contribution in [1.82, 2.24) is 0 Å². The standard InChI is InChI=1S/C19H38N2O2/c1-7-19(22)23-14-13-21(5,6)16-18-11-9-17(10-12-18)15-20(3,4)8-2/h7,17-18H,1,8-16H2,2-6H3/q+2. The van der Waals surface area contributed by atoms with Crippen molar-refractivity contribution < 1.29 is 18.5 Å². The fourth-order valence-electron chi connectivity index (χ4n) is 3.67. The Kier molecular flexibility index (Phi) is 7.75. The fourth-order valence-corrected chi connectivity index (χ4v) is 3.67. The Morgan fingerprint density at radius 1 is 1.04 bits per heavy atom. The third kappa shape index (κ3) is 7.98. The molecule has 0 aromatic rings. The topological polar surface area (TPSA) is 26.3 Å². The molecule has 1 rings (SSSR count). The monoisotopic (exact) mass is 326 g/mol. The van der Waals surface area contributed by atoms with Crippen LogP contribution in [0, 0.1) is 11.8 Å². The molecule has 0 spiro atoms. The number of esters is 1. The van der Waals surface area contributed by atoms with Crippen molar-refractivity contribution in [3.05, 3.63) is 12.7 Å². The predicted molar refractivity (Wildman–Crippen MR) is 96.0 cm³/mol. The first-order chi connectivity index (χ1) is 10.7. The summed E-state index contributed by atoms with van der Waals surface area (Å²) in [6, 6.07) is 0. The molecule has 1 saturated carbocycles. The van der Waals surface area contributed by atoms with E-state index in [1.165, 1.54) is 51.4 Å². The second-order valence-electron chi connectivity index (χ2n) is 8.53. The quantitative estimate of drug-likeness (QED) is 0.370. The van der Waals surface area contributed by atoms with Crippen molar-refractivity contribution in [1.29, 1.82) is 0 Å². The average Bonchev–Trinajstić information content (AvgIpc) is 2.48. The van der Waals surface area contributed by atoms with Gasteiger partial charge in [0.05, 0.1) is 47.8 Å². The van der Waals surface area contributed by atoms with E-state index in [9.17, 15) is 4.79 Å². The minimum absolute atomic E-state index is 0.317. The third-order valence-electron chi connectivity index (χ3n) is 5.43. The second-order valence-corrected chi connectivity index (χ2v) is 8.53. The maximum atomic E-state index is 11.1. The lowest BCUT2D eigenvalue weighted by Gasteiger charge is -2.38. The molecule has 1 aliphatic carbocycles. The molecule has 1 aliphatic rings. The lowest BCUT2D eigenvalue weighted by molar-refractivity contribution is -0.895. The Hall–Kier alpha value is -0.870. The molecule has 23 heavy (non-hydrogen) atoms. The third-order valence-corrected chi connectivity index (χ3v) is 5.43. The molecule has 0 bridgehead atoms. The van der Waals surface area contributed by atoms with Crippen LogP contribution in [0.25, 0.3) is 0 Å². The van der Waals surface area contributed by atoms with Gasteiger partial charge in [-0.1, -0.05) is 6.58 Å². The summed E-state index contributed by atoms with van der Waals surface area (Å²) < 4.78 is 7.20. The number of quaternary nitrogens is 2. The molecular formula is C19H38N2O2+2. The predicted octanol–water partition coefficient (Wildman–Crippen LogP) is 2.69. The van der Waals surface area contributed by atoms with E-state index in [0.29, 0.717) is 6.61 Å². The van der Waals surface area contributed by atoms with Crippen LogP contribution in [-0.2, 0) is 9.53 Å². The maximum absolute atomic E-state index is 11.1. The minimum Gasteiger partial charge on any atom is -0.457 e. The van der Waals surface area contributed by atoms with Crippen molar-refractivity contribution in [2.45, 2.75) is 32.6 Å². The van der Waals surface area contributed by atoms with E-state index in [1.54, 1.807) is 0 Å². The van der Waals surface area contributed by atoms with Crippen LogP contribution in [0.15, 0.2) is 12.7 Å². The highest BCUT2D eigenvalue weighted by Gasteiger charge is 2.30. The highest BCUT2D eigenvalue weighted by atomic mass is 16.5. The van der Waals surface area contributed by atoms with Crippen molar-refractivity contribution >= 4 is 5.97 Å². The van der Waals surface area contributed by atoms with E-state index in [-0.39, 0.29) is 5.97 Å². The molecule has 0 aromatic carbocycles. The average molecular weight is 327 g/mol. The summed E-state index contributed by atoms with van der Waals surface area (Å²) in [7, 11) is 9.17. The van der Waals surface area contributed by atoms with Crippen LogP contribution in [-0.4, -0.2) is 75.9 Å². The number of hydrogen-bond acceptors (Lipinski definition) is 2. The first-order valence-electron chi connectivity index (χ1n) is 9.10. The summed E-state index contributed by atoms with van der Waals surface area (Å²) in [5, 5.41) is 0. The number of ether oxygens (including phenoxy) is 1. The molecule has 0 N–H and O–H groups in total. The minimum atomic E-state index is -0.317. The van der Waals surface area contributed by atoms with Gasteiger partial charge >= 0.3 is 5.97 Å². The highest BCUT2D eigenvalue weighted by Crippen LogP contribution is 2.31. The zero-order valence-corrected chi connectivity index (χ0v) is 16.0. The number of likely N-dealkylation sites (N-methyl/N-ethyl adjacent to an activating group) is 1. The molecule has 0 aromatic heterocycles. The van der Waals surface area contributed by atoms with Gasteiger partial charge in [-0.25, -0.2) is 4.79 Å². The summed E-state index contributed by atoms with van der Waals surface area (Å²) in [4.78, 5) is 11.1. The van der Waals surface area contributed by atoms with Crippen molar-refractivity contribution in [2.75, 3.05) is 61.0 Å². The van der Waals surface area contributed by atoms with Gasteiger partial charge in [0.15, 0.2) is 0 Å². The van der Waals surface area contributed by atoms with Gasteiger partial charge < -0.3 is 13.7 Å². The lowest BCUT2D eigenvalue weighted by atomic mass is 9.81. The van der Waals surface area contributed by atoms with Crippen molar-refractivity contribution in [2.24, 2.45) is 11.8 Å². The largest absolute Gasteiger partial charge is 0.457 e. The van der Waals surface area contributed by atoms with E-state index < -0.39 is 0 Å². The van der Waals surface area contributed by atoms with Gasteiger partial charge in [-0.05, 0) is 32.6 Å². The van der Waals surface area contributed by atoms with Gasteiger partial charge in [-0.3, -0.25) is 0 Å². The van der Waals surface area contributed by atoms with Crippen LogP contribution in [0.1, 0.15) is 32.6 Å². The van der Waals surface area contributed by atoms with Crippen LogP contribution in [0.4, 0.5) is 0 Å². The first kappa shape index (κ1) is 20.2. The Balaban J connectivity index is 2.31. The summed E-state index contributed by atoms with van der Waals surface area (Å²) >= 11 is 0. The smallest absolute Gasteiger partial charge is 0.330 e. The molecule has 0 radical (unpaired) electrons. The van der Waals surface area contributed by atoms with Crippen molar-refractivity contribution in [3.63, 3.8) is 0 Å². The SMILES string of the molecule is C=CC(=O)OCC[N+](C)(C)CC1CCC(C[N+](C)(C)CC)CC1. The molecule has 0 unspecified atom stereocenters. The molecule has 134 valence electrons. The summed E-state index contributed by atoms with van der Waals surface area (Å²) in [6.07, 6.45) is 6.68. The van der Waals surface area contributed by atoms with Gasteiger partial charge in [-0.2, -0.15) is 0 Å². The summed E-state index contributed by atoms with van der Waals surface area (Å²) in [6.45, 7) is 10.8. The van der Waals surface area contributed by atoms with Gasteiger partial charge in [-0.15, -0.1) is 0 Å². The summed E-state index contributed by atoms with van der Waals surface area (Å²) in [5.41, 5.74) is 0. The molecule has 1 fully saturated rings.